The predicted molar refractivity (Wildman–Crippen MR) is 153 cm³/mol. The highest BCUT2D eigenvalue weighted by Gasteiger charge is 2.33. The van der Waals surface area contributed by atoms with Gasteiger partial charge in [0.2, 0.25) is 11.8 Å². The van der Waals surface area contributed by atoms with E-state index in [1.54, 1.807) is 25.1 Å². The van der Waals surface area contributed by atoms with Gasteiger partial charge in [0, 0.05) is 25.2 Å². The molecule has 0 saturated heterocycles. The van der Waals surface area contributed by atoms with Crippen LogP contribution in [0.15, 0.2) is 83.8 Å². The van der Waals surface area contributed by atoms with Gasteiger partial charge >= 0.3 is 0 Å². The Morgan fingerprint density at radius 2 is 1.68 bits per heavy atom. The van der Waals surface area contributed by atoms with Crippen LogP contribution in [0.1, 0.15) is 37.8 Å². The molecule has 40 heavy (non-hydrogen) atoms. The molecule has 2 amide bonds. The lowest BCUT2D eigenvalue weighted by Crippen LogP contribution is -2.51. The monoisotopic (exact) mass is 566 g/mol. The maximum absolute atomic E-state index is 13.9. The number of non-ortho nitro benzene ring substituents is 1. The molecule has 0 heterocycles. The Balaban J connectivity index is 2.02. The molecule has 1 atom stereocenters. The number of benzene rings is 3. The molecule has 0 bridgehead atoms. The third kappa shape index (κ3) is 7.66. The molecule has 3 aromatic rings. The number of rotatable bonds is 13. The molecular weight excluding hydrogens is 532 g/mol. The van der Waals surface area contributed by atoms with Gasteiger partial charge in [0.05, 0.1) is 15.5 Å². The summed E-state index contributed by atoms with van der Waals surface area (Å²) in [4.78, 5) is 38.9. The van der Waals surface area contributed by atoms with Crippen LogP contribution in [-0.4, -0.2) is 49.2 Å². The average molecular weight is 567 g/mol. The second kappa shape index (κ2) is 13.7. The van der Waals surface area contributed by atoms with Gasteiger partial charge in [-0.2, -0.15) is 0 Å². The van der Waals surface area contributed by atoms with E-state index in [0.717, 1.165) is 34.3 Å². The van der Waals surface area contributed by atoms with Gasteiger partial charge in [-0.25, -0.2) is 8.42 Å². The van der Waals surface area contributed by atoms with E-state index >= 15 is 0 Å². The van der Waals surface area contributed by atoms with E-state index in [1.165, 1.54) is 35.2 Å². The summed E-state index contributed by atoms with van der Waals surface area (Å²) in [6.45, 7) is 5.37. The Morgan fingerprint density at radius 1 is 1.00 bits per heavy atom. The van der Waals surface area contributed by atoms with Crippen molar-refractivity contribution in [2.45, 2.75) is 51.1 Å². The minimum atomic E-state index is -4.30. The number of hydrogen-bond acceptors (Lipinski definition) is 6. The molecule has 3 rings (SSSR count). The summed E-state index contributed by atoms with van der Waals surface area (Å²) in [5.74, 6) is -0.994. The topological polar surface area (TPSA) is 130 Å². The quantitative estimate of drug-likeness (QED) is 0.185. The van der Waals surface area contributed by atoms with Crippen molar-refractivity contribution in [3.63, 3.8) is 0 Å². The molecule has 212 valence electrons. The van der Waals surface area contributed by atoms with Crippen LogP contribution in [0.3, 0.4) is 0 Å². The van der Waals surface area contributed by atoms with Crippen molar-refractivity contribution in [3.8, 4) is 0 Å². The van der Waals surface area contributed by atoms with Crippen molar-refractivity contribution in [3.05, 3.63) is 100 Å². The van der Waals surface area contributed by atoms with Gasteiger partial charge in [-0.05, 0) is 44.0 Å². The normalized spacial score (nSPS) is 11.9. The Morgan fingerprint density at radius 3 is 2.30 bits per heavy atom. The molecule has 11 heteroatoms. The van der Waals surface area contributed by atoms with Crippen LogP contribution in [0.25, 0.3) is 0 Å². The van der Waals surface area contributed by atoms with Crippen molar-refractivity contribution in [1.29, 1.82) is 0 Å². The van der Waals surface area contributed by atoms with E-state index in [1.807, 2.05) is 38.1 Å². The number of anilines is 1. The number of amides is 2. The lowest BCUT2D eigenvalue weighted by atomic mass is 10.1. The van der Waals surface area contributed by atoms with Gasteiger partial charge in [-0.1, -0.05) is 67.4 Å². The molecule has 0 spiro atoms. The third-order valence-electron chi connectivity index (χ3n) is 6.41. The summed E-state index contributed by atoms with van der Waals surface area (Å²) in [6.07, 6.45) is 1.66. The minimum absolute atomic E-state index is 0.0401. The van der Waals surface area contributed by atoms with Gasteiger partial charge in [-0.3, -0.25) is 24.0 Å². The van der Waals surface area contributed by atoms with Gasteiger partial charge in [-0.15, -0.1) is 0 Å². The summed E-state index contributed by atoms with van der Waals surface area (Å²) < 4.78 is 28.4. The van der Waals surface area contributed by atoms with Gasteiger partial charge in [0.1, 0.15) is 12.6 Å². The number of carbonyl (C=O) groups is 2. The number of unbranched alkanes of at least 4 members (excludes halogenated alkanes) is 1. The van der Waals surface area contributed by atoms with Crippen LogP contribution in [0, 0.1) is 17.0 Å². The summed E-state index contributed by atoms with van der Waals surface area (Å²) in [5, 5.41) is 14.3. The van der Waals surface area contributed by atoms with Gasteiger partial charge < -0.3 is 10.2 Å². The SMILES string of the molecule is CCCCNC(=O)[C@@H](C)N(Cc1ccc(C)cc1)C(=O)CN(c1cccc([N+](=O)[O-])c1)S(=O)(=O)c1ccccc1. The molecule has 0 aliphatic carbocycles. The van der Waals surface area contributed by atoms with Crippen LogP contribution in [0.2, 0.25) is 0 Å². The summed E-state index contributed by atoms with van der Waals surface area (Å²) in [7, 11) is -4.30. The van der Waals surface area contributed by atoms with Crippen LogP contribution >= 0.6 is 0 Å². The zero-order chi connectivity index (χ0) is 29.3. The van der Waals surface area contributed by atoms with Crippen molar-refractivity contribution < 1.29 is 22.9 Å². The maximum Gasteiger partial charge on any atom is 0.271 e. The Kier molecular flexibility index (Phi) is 10.4. The molecule has 3 aromatic carbocycles. The number of carbonyl (C=O) groups excluding carboxylic acids is 2. The lowest BCUT2D eigenvalue weighted by molar-refractivity contribution is -0.384. The van der Waals surface area contributed by atoms with Gasteiger partial charge in [0.15, 0.2) is 0 Å². The zero-order valence-corrected chi connectivity index (χ0v) is 23.6. The largest absolute Gasteiger partial charge is 0.354 e. The smallest absolute Gasteiger partial charge is 0.271 e. The van der Waals surface area contributed by atoms with Gasteiger partial charge in [0.25, 0.3) is 15.7 Å². The van der Waals surface area contributed by atoms with Crippen LogP contribution in [0.4, 0.5) is 11.4 Å². The number of nitro benzene ring substituents is 1. The molecule has 0 saturated carbocycles. The second-order valence-electron chi connectivity index (χ2n) is 9.43. The van der Waals surface area contributed by atoms with Crippen LogP contribution in [0.5, 0.6) is 0 Å². The summed E-state index contributed by atoms with van der Waals surface area (Å²) in [5.41, 5.74) is 1.43. The lowest BCUT2D eigenvalue weighted by Gasteiger charge is -2.32. The van der Waals surface area contributed by atoms with E-state index in [2.05, 4.69) is 5.32 Å². The molecule has 0 fully saturated rings. The number of nitrogens with one attached hydrogen (secondary N) is 1. The number of nitrogens with zero attached hydrogens (tertiary/aromatic N) is 3. The number of aryl methyl sites for hydroxylation is 1. The van der Waals surface area contributed by atoms with E-state index in [9.17, 15) is 28.1 Å². The van der Waals surface area contributed by atoms with Crippen LogP contribution < -0.4 is 9.62 Å². The zero-order valence-electron chi connectivity index (χ0n) is 22.8. The van der Waals surface area contributed by atoms with E-state index < -0.39 is 33.4 Å². The first-order valence-electron chi connectivity index (χ1n) is 13.0. The highest BCUT2D eigenvalue weighted by molar-refractivity contribution is 7.92. The number of hydrogen-bond donors (Lipinski definition) is 1. The molecule has 0 aromatic heterocycles. The summed E-state index contributed by atoms with van der Waals surface area (Å²) >= 11 is 0. The number of nitro groups is 1. The fraction of sp³-hybridized carbons (Fsp3) is 0.310. The Bertz CT molecular complexity index is 1430. The molecule has 0 aliphatic heterocycles. The fourth-order valence-electron chi connectivity index (χ4n) is 4.02. The molecule has 1 N–H and O–H groups in total. The van der Waals surface area contributed by atoms with E-state index in [4.69, 9.17) is 0 Å². The Hall–Kier alpha value is -4.25. The maximum atomic E-state index is 13.9. The molecule has 10 nitrogen and oxygen atoms in total. The third-order valence-corrected chi connectivity index (χ3v) is 8.20. The van der Waals surface area contributed by atoms with E-state index in [0.29, 0.717) is 6.54 Å². The highest BCUT2D eigenvalue weighted by Crippen LogP contribution is 2.27. The fourth-order valence-corrected chi connectivity index (χ4v) is 5.45. The van der Waals surface area contributed by atoms with Crippen molar-refractivity contribution in [2.75, 3.05) is 17.4 Å². The standard InChI is InChI=1S/C29H34N4O6S/c1-4-5-18-30-29(35)23(3)31(20-24-16-14-22(2)15-17-24)28(34)21-32(25-10-9-11-26(19-25)33(36)37)40(38,39)27-12-7-6-8-13-27/h6-17,19,23H,4-5,18,20-21H2,1-3H3,(H,30,35)/t23-/m1/s1. The van der Waals surface area contributed by atoms with Crippen molar-refractivity contribution in [2.24, 2.45) is 0 Å². The first kappa shape index (κ1) is 30.3. The van der Waals surface area contributed by atoms with Crippen LogP contribution in [-0.2, 0) is 26.2 Å². The summed E-state index contributed by atoms with van der Waals surface area (Å²) in [6, 6.07) is 19.2. The predicted octanol–water partition coefficient (Wildman–Crippen LogP) is 4.43. The second-order valence-corrected chi connectivity index (χ2v) is 11.3. The Labute approximate surface area is 234 Å². The molecule has 0 aliphatic rings. The highest BCUT2D eigenvalue weighted by atomic mass is 32.2. The first-order chi connectivity index (χ1) is 19.0. The molecular formula is C29H34N4O6S. The van der Waals surface area contributed by atoms with Crippen molar-refractivity contribution >= 4 is 33.2 Å². The van der Waals surface area contributed by atoms with E-state index in [-0.39, 0.29) is 28.7 Å². The average Bonchev–Trinajstić information content (AvgIpc) is 2.95. The van der Waals surface area contributed by atoms with Crippen molar-refractivity contribution in [1.82, 2.24) is 10.2 Å². The minimum Gasteiger partial charge on any atom is -0.354 e. The molecule has 0 radical (unpaired) electrons. The molecule has 0 unspecified atom stereocenters. The first-order valence-corrected chi connectivity index (χ1v) is 14.4. The number of sulfonamides is 1.